The van der Waals surface area contributed by atoms with E-state index in [1.54, 1.807) is 6.07 Å². The van der Waals surface area contributed by atoms with Gasteiger partial charge in [0.15, 0.2) is 0 Å². The molecule has 1 fully saturated rings. The normalized spacial score (nSPS) is 16.8. The van der Waals surface area contributed by atoms with Gasteiger partial charge in [-0.2, -0.15) is 0 Å². The summed E-state index contributed by atoms with van der Waals surface area (Å²) in [4.78, 5) is 22.8. The van der Waals surface area contributed by atoms with E-state index < -0.39 is 12.1 Å². The maximum absolute atomic E-state index is 12.1. The fourth-order valence-electron chi connectivity index (χ4n) is 2.48. The highest BCUT2D eigenvalue weighted by atomic mass is 16.5. The third-order valence-corrected chi connectivity index (χ3v) is 3.63. The molecule has 1 saturated carbocycles. The smallest absolute Gasteiger partial charge is 0.371 e. The molecule has 0 aromatic carbocycles. The highest BCUT2D eigenvalue weighted by molar-refractivity contribution is 5.84. The summed E-state index contributed by atoms with van der Waals surface area (Å²) in [5, 5.41) is 11.5. The number of ether oxygens (including phenoxy) is 1. The molecule has 1 aromatic rings. The Morgan fingerprint density at radius 1 is 1.43 bits per heavy atom. The number of carboxylic acids is 1. The van der Waals surface area contributed by atoms with E-state index in [-0.39, 0.29) is 24.3 Å². The van der Waals surface area contributed by atoms with E-state index in [1.807, 2.05) is 6.92 Å². The summed E-state index contributed by atoms with van der Waals surface area (Å²) >= 11 is 0. The molecule has 2 rings (SSSR count). The van der Waals surface area contributed by atoms with Crippen LogP contribution in [0.25, 0.3) is 0 Å². The largest absolute Gasteiger partial charge is 0.475 e. The summed E-state index contributed by atoms with van der Waals surface area (Å²) in [6.07, 6.45) is 4.69. The number of carboxylic acid groups (broad SMARTS) is 1. The predicted molar refractivity (Wildman–Crippen MR) is 74.9 cm³/mol. The van der Waals surface area contributed by atoms with Gasteiger partial charge >= 0.3 is 5.97 Å². The lowest BCUT2D eigenvalue weighted by Gasteiger charge is -2.20. The number of carbonyl (C=O) groups is 2. The second-order valence-corrected chi connectivity index (χ2v) is 5.23. The number of hydrogen-bond acceptors (Lipinski definition) is 4. The van der Waals surface area contributed by atoms with Crippen molar-refractivity contribution in [3.8, 4) is 0 Å². The molecule has 0 radical (unpaired) electrons. The quantitative estimate of drug-likeness (QED) is 0.806. The molecule has 1 unspecified atom stereocenters. The van der Waals surface area contributed by atoms with Crippen LogP contribution in [0.15, 0.2) is 16.5 Å². The van der Waals surface area contributed by atoms with Gasteiger partial charge in [-0.15, -0.1) is 0 Å². The van der Waals surface area contributed by atoms with Crippen molar-refractivity contribution >= 4 is 11.9 Å². The van der Waals surface area contributed by atoms with Crippen LogP contribution in [-0.4, -0.2) is 29.2 Å². The molecule has 0 bridgehead atoms. The summed E-state index contributed by atoms with van der Waals surface area (Å²) in [7, 11) is 0. The number of rotatable bonds is 7. The van der Waals surface area contributed by atoms with Crippen molar-refractivity contribution in [1.29, 1.82) is 0 Å². The first kappa shape index (κ1) is 15.6. The Hall–Kier alpha value is -1.82. The van der Waals surface area contributed by atoms with Crippen molar-refractivity contribution in [2.45, 2.75) is 57.8 Å². The molecular formula is C15H21NO5. The van der Waals surface area contributed by atoms with Gasteiger partial charge in [0.1, 0.15) is 11.9 Å². The SMILES string of the molecule is CCC(OC1CCCC1)C(=O)NCc1ccc(C(=O)O)o1. The molecule has 6 heteroatoms. The monoisotopic (exact) mass is 295 g/mol. The number of aromatic carboxylic acids is 1. The molecular weight excluding hydrogens is 274 g/mol. The highest BCUT2D eigenvalue weighted by Crippen LogP contribution is 2.23. The second-order valence-electron chi connectivity index (χ2n) is 5.23. The van der Waals surface area contributed by atoms with Gasteiger partial charge < -0.3 is 19.6 Å². The highest BCUT2D eigenvalue weighted by Gasteiger charge is 2.24. The van der Waals surface area contributed by atoms with Crippen molar-refractivity contribution in [2.75, 3.05) is 0 Å². The van der Waals surface area contributed by atoms with Gasteiger partial charge in [0.05, 0.1) is 12.6 Å². The Morgan fingerprint density at radius 3 is 2.71 bits per heavy atom. The zero-order valence-corrected chi connectivity index (χ0v) is 12.1. The van der Waals surface area contributed by atoms with Crippen LogP contribution in [0.3, 0.4) is 0 Å². The first-order valence-electron chi connectivity index (χ1n) is 7.35. The summed E-state index contributed by atoms with van der Waals surface area (Å²) in [6.45, 7) is 2.07. The summed E-state index contributed by atoms with van der Waals surface area (Å²) in [5.41, 5.74) is 0. The average molecular weight is 295 g/mol. The summed E-state index contributed by atoms with van der Waals surface area (Å²) < 4.78 is 10.9. The van der Waals surface area contributed by atoms with Crippen LogP contribution < -0.4 is 5.32 Å². The van der Waals surface area contributed by atoms with E-state index in [2.05, 4.69) is 5.32 Å². The lowest BCUT2D eigenvalue weighted by Crippen LogP contribution is -2.37. The summed E-state index contributed by atoms with van der Waals surface area (Å²) in [6, 6.07) is 2.92. The van der Waals surface area contributed by atoms with Gasteiger partial charge in [0, 0.05) is 0 Å². The predicted octanol–water partition coefficient (Wildman–Crippen LogP) is 2.33. The summed E-state index contributed by atoms with van der Waals surface area (Å²) in [5.74, 6) is -1.02. The molecule has 116 valence electrons. The van der Waals surface area contributed by atoms with Crippen LogP contribution in [0.2, 0.25) is 0 Å². The molecule has 0 aliphatic heterocycles. The van der Waals surface area contributed by atoms with Crippen LogP contribution >= 0.6 is 0 Å². The molecule has 0 saturated heterocycles. The van der Waals surface area contributed by atoms with Crippen molar-refractivity contribution in [3.05, 3.63) is 23.7 Å². The Balaban J connectivity index is 1.82. The van der Waals surface area contributed by atoms with Gasteiger partial charge in [-0.3, -0.25) is 4.79 Å². The number of carbonyl (C=O) groups excluding carboxylic acids is 1. The molecule has 1 amide bonds. The van der Waals surface area contributed by atoms with E-state index in [0.717, 1.165) is 25.7 Å². The van der Waals surface area contributed by atoms with Gasteiger partial charge in [-0.25, -0.2) is 4.79 Å². The maximum Gasteiger partial charge on any atom is 0.371 e. The number of furan rings is 1. The molecule has 1 atom stereocenters. The molecule has 6 nitrogen and oxygen atoms in total. The van der Waals surface area contributed by atoms with Crippen LogP contribution in [0.5, 0.6) is 0 Å². The topological polar surface area (TPSA) is 88.8 Å². The van der Waals surface area contributed by atoms with Crippen LogP contribution in [-0.2, 0) is 16.1 Å². The van der Waals surface area contributed by atoms with Crippen molar-refractivity contribution in [2.24, 2.45) is 0 Å². The molecule has 1 aliphatic rings. The van der Waals surface area contributed by atoms with Gasteiger partial charge in [-0.05, 0) is 31.4 Å². The van der Waals surface area contributed by atoms with Gasteiger partial charge in [-0.1, -0.05) is 19.8 Å². The van der Waals surface area contributed by atoms with E-state index in [4.69, 9.17) is 14.3 Å². The molecule has 1 aromatic heterocycles. The van der Waals surface area contributed by atoms with Crippen LogP contribution in [0.1, 0.15) is 55.3 Å². The Bertz CT molecular complexity index is 490. The van der Waals surface area contributed by atoms with Crippen LogP contribution in [0, 0.1) is 0 Å². The number of nitrogens with one attached hydrogen (secondary N) is 1. The van der Waals surface area contributed by atoms with E-state index >= 15 is 0 Å². The van der Waals surface area contributed by atoms with E-state index in [0.29, 0.717) is 12.2 Å². The Kier molecular flexibility index (Phi) is 5.38. The molecule has 21 heavy (non-hydrogen) atoms. The Morgan fingerprint density at radius 2 is 2.14 bits per heavy atom. The minimum Gasteiger partial charge on any atom is -0.475 e. The number of amides is 1. The lowest BCUT2D eigenvalue weighted by molar-refractivity contribution is -0.137. The van der Waals surface area contributed by atoms with Crippen molar-refractivity contribution in [3.63, 3.8) is 0 Å². The maximum atomic E-state index is 12.1. The fourth-order valence-corrected chi connectivity index (χ4v) is 2.48. The van der Waals surface area contributed by atoms with Crippen molar-refractivity contribution in [1.82, 2.24) is 5.32 Å². The minimum atomic E-state index is -1.12. The minimum absolute atomic E-state index is 0.131. The van der Waals surface area contributed by atoms with E-state index in [1.165, 1.54) is 6.07 Å². The molecule has 1 heterocycles. The Labute approximate surface area is 123 Å². The van der Waals surface area contributed by atoms with Gasteiger partial charge in [0.25, 0.3) is 0 Å². The van der Waals surface area contributed by atoms with E-state index in [9.17, 15) is 9.59 Å². The van der Waals surface area contributed by atoms with Gasteiger partial charge in [0.2, 0.25) is 11.7 Å². The third kappa shape index (κ3) is 4.32. The number of hydrogen-bond donors (Lipinski definition) is 2. The zero-order valence-electron chi connectivity index (χ0n) is 12.1. The van der Waals surface area contributed by atoms with Crippen molar-refractivity contribution < 1.29 is 23.8 Å². The molecule has 1 aliphatic carbocycles. The fraction of sp³-hybridized carbons (Fsp3) is 0.600. The molecule has 2 N–H and O–H groups in total. The second kappa shape index (κ2) is 7.26. The molecule has 0 spiro atoms. The lowest BCUT2D eigenvalue weighted by atomic mass is 10.2. The first-order chi connectivity index (χ1) is 10.1. The first-order valence-corrected chi connectivity index (χ1v) is 7.35. The average Bonchev–Trinajstić information content (AvgIpc) is 3.13. The third-order valence-electron chi connectivity index (χ3n) is 3.63. The van der Waals surface area contributed by atoms with Crippen LogP contribution in [0.4, 0.5) is 0 Å². The standard InChI is InChI=1S/C15H21NO5/c1-2-12(20-10-5-3-4-6-10)14(17)16-9-11-7-8-13(21-11)15(18)19/h7-8,10,12H,2-6,9H2,1H3,(H,16,17)(H,18,19). The zero-order chi connectivity index (χ0) is 15.2.